The van der Waals surface area contributed by atoms with Gasteiger partial charge < -0.3 is 4.57 Å². The summed E-state index contributed by atoms with van der Waals surface area (Å²) in [6.45, 7) is 0. The molecule has 3 fully saturated rings. The van der Waals surface area contributed by atoms with E-state index in [0.29, 0.717) is 11.8 Å². The van der Waals surface area contributed by atoms with Crippen molar-refractivity contribution in [3.05, 3.63) is 48.2 Å². The molecule has 2 saturated carbocycles. The number of hydrazone groups is 1. The van der Waals surface area contributed by atoms with Crippen LogP contribution < -0.4 is 0 Å². The summed E-state index contributed by atoms with van der Waals surface area (Å²) < 4.78 is 2.03. The normalized spacial score (nSPS) is 37.0. The largest absolute Gasteiger partial charge is 0.350 e. The highest BCUT2D eigenvalue weighted by Gasteiger charge is 2.67. The Morgan fingerprint density at radius 2 is 1.69 bits per heavy atom. The van der Waals surface area contributed by atoms with E-state index >= 15 is 0 Å². The third-order valence-electron chi connectivity index (χ3n) is 6.88. The first-order valence-corrected chi connectivity index (χ1v) is 9.29. The fourth-order valence-electron chi connectivity index (χ4n) is 5.65. The number of benzene rings is 1. The first-order valence-electron chi connectivity index (χ1n) is 9.29. The third-order valence-corrected chi connectivity index (χ3v) is 6.88. The topological polar surface area (TPSA) is 54.7 Å². The average Bonchev–Trinajstić information content (AvgIpc) is 3.37. The van der Waals surface area contributed by atoms with Crippen LogP contribution in [0, 0.1) is 35.5 Å². The number of hydrogen-bond donors (Lipinski definition) is 0. The van der Waals surface area contributed by atoms with Gasteiger partial charge in [0.25, 0.3) is 11.8 Å². The molecule has 1 saturated heterocycles. The molecule has 0 radical (unpaired) electrons. The van der Waals surface area contributed by atoms with E-state index in [1.807, 2.05) is 42.1 Å². The van der Waals surface area contributed by atoms with Crippen LogP contribution in [-0.4, -0.2) is 27.6 Å². The highest BCUT2D eigenvalue weighted by atomic mass is 16.2. The van der Waals surface area contributed by atoms with Gasteiger partial charge in [-0.2, -0.15) is 10.1 Å². The van der Waals surface area contributed by atoms with Gasteiger partial charge in [0, 0.05) is 29.7 Å². The zero-order valence-corrected chi connectivity index (χ0v) is 14.4. The fourth-order valence-corrected chi connectivity index (χ4v) is 5.65. The molecule has 130 valence electrons. The summed E-state index contributed by atoms with van der Waals surface area (Å²) in [7, 11) is 1.98. The lowest BCUT2D eigenvalue weighted by atomic mass is 9.63. The summed E-state index contributed by atoms with van der Waals surface area (Å²) in [6.07, 6.45) is 9.18. The predicted octanol–water partition coefficient (Wildman–Crippen LogP) is 2.57. The molecule has 2 heterocycles. The summed E-state index contributed by atoms with van der Waals surface area (Å²) >= 11 is 0. The molecule has 5 heteroatoms. The number of allylic oxidation sites excluding steroid dienone is 2. The highest BCUT2D eigenvalue weighted by Crippen LogP contribution is 2.65. The van der Waals surface area contributed by atoms with E-state index < -0.39 is 0 Å². The number of aromatic nitrogens is 1. The number of fused-ring (bicyclic) bond motifs is 1. The van der Waals surface area contributed by atoms with E-state index in [-0.39, 0.29) is 35.5 Å². The lowest BCUT2D eigenvalue weighted by Gasteiger charge is -2.37. The van der Waals surface area contributed by atoms with Crippen molar-refractivity contribution < 1.29 is 9.59 Å². The Labute approximate surface area is 151 Å². The van der Waals surface area contributed by atoms with Crippen molar-refractivity contribution in [3.8, 4) is 0 Å². The first-order chi connectivity index (χ1) is 12.6. The van der Waals surface area contributed by atoms with E-state index in [0.717, 1.165) is 21.5 Å². The van der Waals surface area contributed by atoms with Gasteiger partial charge >= 0.3 is 0 Å². The van der Waals surface area contributed by atoms with Crippen molar-refractivity contribution in [1.29, 1.82) is 0 Å². The minimum atomic E-state index is -0.189. The fraction of sp³-hybridized carbons (Fsp3) is 0.381. The maximum atomic E-state index is 12.9. The zero-order valence-electron chi connectivity index (χ0n) is 14.4. The van der Waals surface area contributed by atoms with E-state index in [1.165, 1.54) is 6.42 Å². The van der Waals surface area contributed by atoms with Crippen molar-refractivity contribution in [2.45, 2.75) is 6.42 Å². The zero-order chi connectivity index (χ0) is 17.6. The molecule has 7 rings (SSSR count). The van der Waals surface area contributed by atoms with Crippen molar-refractivity contribution in [2.24, 2.45) is 47.7 Å². The third kappa shape index (κ3) is 1.68. The van der Waals surface area contributed by atoms with E-state index in [4.69, 9.17) is 0 Å². The van der Waals surface area contributed by atoms with Gasteiger partial charge in [0.15, 0.2) is 0 Å². The van der Waals surface area contributed by atoms with Crippen LogP contribution in [0.2, 0.25) is 0 Å². The number of para-hydroxylation sites is 1. The lowest BCUT2D eigenvalue weighted by Crippen LogP contribution is -2.40. The van der Waals surface area contributed by atoms with Gasteiger partial charge in [0.1, 0.15) is 0 Å². The molecule has 6 atom stereocenters. The number of imide groups is 1. The van der Waals surface area contributed by atoms with Crippen LogP contribution >= 0.6 is 0 Å². The minimum absolute atomic E-state index is 0.110. The maximum Gasteiger partial charge on any atom is 0.254 e. The molecule has 0 unspecified atom stereocenters. The Balaban J connectivity index is 1.36. The second-order valence-corrected chi connectivity index (χ2v) is 8.10. The van der Waals surface area contributed by atoms with Crippen LogP contribution in [0.1, 0.15) is 12.0 Å². The molecule has 26 heavy (non-hydrogen) atoms. The molecular weight excluding hydrogens is 326 g/mol. The average molecular weight is 345 g/mol. The van der Waals surface area contributed by atoms with Gasteiger partial charge in [-0.1, -0.05) is 30.4 Å². The van der Waals surface area contributed by atoms with E-state index in [1.54, 1.807) is 6.21 Å². The van der Waals surface area contributed by atoms with Crippen LogP contribution in [0.25, 0.3) is 10.9 Å². The SMILES string of the molecule is Cn1cc(/C=N/N2C(=O)[C@@H]3[C@@H]4C=C[C@H]([C@H]5C[C@H]45)[C@@H]3C2=O)c2ccccc21. The molecule has 4 aliphatic carbocycles. The first kappa shape index (κ1) is 14.5. The number of nitrogens with zero attached hydrogens (tertiary/aromatic N) is 3. The summed E-state index contributed by atoms with van der Waals surface area (Å²) in [5.74, 6) is 1.11. The molecule has 0 N–H and O–H groups in total. The Kier molecular flexibility index (Phi) is 2.63. The summed E-state index contributed by atoms with van der Waals surface area (Å²) in [4.78, 5) is 25.9. The van der Waals surface area contributed by atoms with Crippen LogP contribution in [0.4, 0.5) is 0 Å². The van der Waals surface area contributed by atoms with Gasteiger partial charge in [-0.05, 0) is 36.2 Å². The molecule has 2 amide bonds. The Morgan fingerprint density at radius 1 is 1.04 bits per heavy atom. The summed E-state index contributed by atoms with van der Waals surface area (Å²) in [5, 5.41) is 6.56. The van der Waals surface area contributed by atoms with Crippen LogP contribution in [0.5, 0.6) is 0 Å². The molecule has 5 nitrogen and oxygen atoms in total. The number of aryl methyl sites for hydroxylation is 1. The van der Waals surface area contributed by atoms with Gasteiger partial charge in [-0.15, -0.1) is 0 Å². The minimum Gasteiger partial charge on any atom is -0.350 e. The Morgan fingerprint density at radius 3 is 2.38 bits per heavy atom. The molecule has 1 aromatic carbocycles. The number of carbonyl (C=O) groups excluding carboxylic acids is 2. The van der Waals surface area contributed by atoms with Crippen molar-refractivity contribution >= 4 is 28.9 Å². The quantitative estimate of drug-likeness (QED) is 0.477. The maximum absolute atomic E-state index is 12.9. The van der Waals surface area contributed by atoms with Gasteiger partial charge in [0.2, 0.25) is 0 Å². The molecule has 1 aromatic heterocycles. The Hall–Kier alpha value is -2.69. The van der Waals surface area contributed by atoms with Crippen LogP contribution in [0.3, 0.4) is 0 Å². The Bertz CT molecular complexity index is 997. The van der Waals surface area contributed by atoms with Crippen molar-refractivity contribution in [2.75, 3.05) is 0 Å². The molecule has 1 aliphatic heterocycles. The van der Waals surface area contributed by atoms with E-state index in [9.17, 15) is 9.59 Å². The second kappa shape index (κ2) is 4.72. The standard InChI is InChI=1S/C21H19N3O2/c1-23-10-11(12-4-2-3-5-17(12)23)9-22-24-20(25)18-13-6-7-14(16-8-15(13)16)19(18)21(24)26/h2-7,9-10,13-16,18-19H,8H2,1H3/b22-9+/t13-,14-,15-,16-,18-,19+/m1/s1. The van der Waals surface area contributed by atoms with Crippen LogP contribution in [0.15, 0.2) is 47.7 Å². The predicted molar refractivity (Wildman–Crippen MR) is 97.1 cm³/mol. The number of amides is 2. The molecule has 5 aliphatic rings. The molecule has 0 spiro atoms. The van der Waals surface area contributed by atoms with E-state index in [2.05, 4.69) is 17.3 Å². The van der Waals surface area contributed by atoms with Crippen LogP contribution in [-0.2, 0) is 16.6 Å². The van der Waals surface area contributed by atoms with Gasteiger partial charge in [-0.3, -0.25) is 9.59 Å². The molecular formula is C21H19N3O2. The monoisotopic (exact) mass is 345 g/mol. The number of rotatable bonds is 2. The molecule has 2 aromatic rings. The molecule has 2 bridgehead atoms. The number of hydrogen-bond acceptors (Lipinski definition) is 3. The van der Waals surface area contributed by atoms with Crippen molar-refractivity contribution in [1.82, 2.24) is 9.58 Å². The lowest BCUT2D eigenvalue weighted by molar-refractivity contribution is -0.140. The highest BCUT2D eigenvalue weighted by molar-refractivity contribution is 6.07. The summed E-state index contributed by atoms with van der Waals surface area (Å²) in [5.41, 5.74) is 2.02. The second-order valence-electron chi connectivity index (χ2n) is 8.10. The van der Waals surface area contributed by atoms with Gasteiger partial charge in [-0.25, -0.2) is 0 Å². The smallest absolute Gasteiger partial charge is 0.254 e. The summed E-state index contributed by atoms with van der Waals surface area (Å²) in [6, 6.07) is 8.05. The van der Waals surface area contributed by atoms with Crippen molar-refractivity contribution in [3.63, 3.8) is 0 Å². The number of carbonyl (C=O) groups is 2. The van der Waals surface area contributed by atoms with Gasteiger partial charge in [0.05, 0.1) is 18.1 Å².